The minimum atomic E-state index is -1.54. The van der Waals surface area contributed by atoms with Crippen molar-refractivity contribution < 1.29 is 4.43 Å². The molecule has 0 unspecified atom stereocenters. The van der Waals surface area contributed by atoms with Gasteiger partial charge in [-0.2, -0.15) is 0 Å². The van der Waals surface area contributed by atoms with Gasteiger partial charge in [-0.25, -0.2) is 0 Å². The highest BCUT2D eigenvalue weighted by Crippen LogP contribution is 2.38. The lowest BCUT2D eigenvalue weighted by molar-refractivity contribution is 0.0924. The zero-order valence-corrected chi connectivity index (χ0v) is 13.0. The van der Waals surface area contributed by atoms with E-state index in [0.29, 0.717) is 11.1 Å². The Morgan fingerprint density at radius 2 is 1.69 bits per heavy atom. The van der Waals surface area contributed by atoms with E-state index in [-0.39, 0.29) is 0 Å². The van der Waals surface area contributed by atoms with Crippen molar-refractivity contribution in [2.75, 3.05) is 19.6 Å². The third kappa shape index (κ3) is 3.57. The van der Waals surface area contributed by atoms with E-state index in [4.69, 9.17) is 4.43 Å². The van der Waals surface area contributed by atoms with Crippen LogP contribution in [0.25, 0.3) is 0 Å². The van der Waals surface area contributed by atoms with Gasteiger partial charge in [0.2, 0.25) is 0 Å². The van der Waals surface area contributed by atoms with Crippen LogP contribution in [0, 0.1) is 0 Å². The maximum atomic E-state index is 6.45. The third-order valence-corrected chi connectivity index (χ3v) is 8.78. The number of nitrogens with zero attached hydrogens (tertiary/aromatic N) is 1. The lowest BCUT2D eigenvalue weighted by atomic mass is 10.1. The van der Waals surface area contributed by atoms with Crippen LogP contribution in [0.1, 0.15) is 40.5 Å². The van der Waals surface area contributed by atoms with Crippen molar-refractivity contribution in [1.82, 2.24) is 4.90 Å². The molecule has 0 aliphatic carbocycles. The first kappa shape index (κ1) is 14.2. The van der Waals surface area contributed by atoms with Gasteiger partial charge in [-0.3, -0.25) is 0 Å². The average molecular weight is 243 g/mol. The number of rotatable bonds is 3. The fourth-order valence-electron chi connectivity index (χ4n) is 1.94. The molecule has 1 fully saturated rings. The molecule has 0 aromatic rings. The highest BCUT2D eigenvalue weighted by Gasteiger charge is 2.39. The quantitative estimate of drug-likeness (QED) is 0.704. The number of likely N-dealkylation sites (tertiary alicyclic amines) is 1. The molecule has 0 N–H and O–H groups in total. The number of hydrogen-bond acceptors (Lipinski definition) is 2. The second-order valence-electron chi connectivity index (χ2n) is 6.51. The van der Waals surface area contributed by atoms with Crippen LogP contribution in [-0.4, -0.2) is 39.0 Å². The standard InChI is InChI=1S/C13H29NOSi/c1-7-14-10-8-12(9-11-14)15-16(5,6)13(2,3)4/h12H,7-11H2,1-6H3. The minimum Gasteiger partial charge on any atom is -0.414 e. The Morgan fingerprint density at radius 1 is 1.19 bits per heavy atom. The minimum absolute atomic E-state index is 0.342. The summed E-state index contributed by atoms with van der Waals surface area (Å²) >= 11 is 0. The molecule has 0 bridgehead atoms. The Kier molecular flexibility index (Phi) is 4.61. The van der Waals surface area contributed by atoms with Crippen LogP contribution < -0.4 is 0 Å². The van der Waals surface area contributed by atoms with Gasteiger partial charge in [0.1, 0.15) is 0 Å². The molecule has 0 spiro atoms. The van der Waals surface area contributed by atoms with Crippen LogP contribution >= 0.6 is 0 Å². The van der Waals surface area contributed by atoms with Crippen molar-refractivity contribution in [3.05, 3.63) is 0 Å². The Hall–Kier alpha value is 0.137. The van der Waals surface area contributed by atoms with E-state index in [1.54, 1.807) is 0 Å². The summed E-state index contributed by atoms with van der Waals surface area (Å²) in [5, 5.41) is 0.342. The van der Waals surface area contributed by atoms with Crippen molar-refractivity contribution in [1.29, 1.82) is 0 Å². The van der Waals surface area contributed by atoms with Crippen LogP contribution in [0.15, 0.2) is 0 Å². The van der Waals surface area contributed by atoms with Gasteiger partial charge in [0.05, 0.1) is 0 Å². The molecule has 96 valence electrons. The fourth-order valence-corrected chi connectivity index (χ4v) is 3.36. The Labute approximate surface area is 102 Å². The molecule has 0 aromatic carbocycles. The molecule has 0 atom stereocenters. The van der Waals surface area contributed by atoms with Gasteiger partial charge >= 0.3 is 0 Å². The van der Waals surface area contributed by atoms with Crippen LogP contribution in [0.4, 0.5) is 0 Å². The Morgan fingerprint density at radius 3 is 2.06 bits per heavy atom. The molecular weight excluding hydrogens is 214 g/mol. The summed E-state index contributed by atoms with van der Waals surface area (Å²) in [5.41, 5.74) is 0. The molecular formula is C13H29NOSi. The topological polar surface area (TPSA) is 12.5 Å². The lowest BCUT2D eigenvalue weighted by Crippen LogP contribution is -2.47. The smallest absolute Gasteiger partial charge is 0.192 e. The summed E-state index contributed by atoms with van der Waals surface area (Å²) in [7, 11) is -1.54. The van der Waals surface area contributed by atoms with E-state index in [9.17, 15) is 0 Å². The predicted molar refractivity (Wildman–Crippen MR) is 73.4 cm³/mol. The van der Waals surface area contributed by atoms with Gasteiger partial charge in [0.15, 0.2) is 8.32 Å². The molecule has 1 rings (SSSR count). The van der Waals surface area contributed by atoms with E-state index in [0.717, 1.165) is 0 Å². The van der Waals surface area contributed by atoms with Gasteiger partial charge in [-0.15, -0.1) is 0 Å². The number of piperidine rings is 1. The zero-order valence-electron chi connectivity index (χ0n) is 12.0. The van der Waals surface area contributed by atoms with Crippen molar-refractivity contribution in [3.63, 3.8) is 0 Å². The van der Waals surface area contributed by atoms with Gasteiger partial charge in [0, 0.05) is 19.2 Å². The second-order valence-corrected chi connectivity index (χ2v) is 11.3. The Bertz CT molecular complexity index is 214. The third-order valence-electron chi connectivity index (χ3n) is 4.25. The van der Waals surface area contributed by atoms with Crippen molar-refractivity contribution in [3.8, 4) is 0 Å². The van der Waals surface area contributed by atoms with Crippen LogP contribution in [0.5, 0.6) is 0 Å². The molecule has 1 heterocycles. The molecule has 2 nitrogen and oxygen atoms in total. The van der Waals surface area contributed by atoms with E-state index in [1.807, 2.05) is 0 Å². The maximum absolute atomic E-state index is 6.45. The van der Waals surface area contributed by atoms with Gasteiger partial charge in [0.25, 0.3) is 0 Å². The van der Waals surface area contributed by atoms with Crippen LogP contribution in [-0.2, 0) is 4.43 Å². The van der Waals surface area contributed by atoms with Crippen molar-refractivity contribution >= 4 is 8.32 Å². The van der Waals surface area contributed by atoms with Crippen LogP contribution in [0.2, 0.25) is 18.1 Å². The first-order chi connectivity index (χ1) is 7.26. The average Bonchev–Trinajstić information content (AvgIpc) is 2.16. The summed E-state index contributed by atoms with van der Waals surface area (Å²) in [6, 6.07) is 0. The molecule has 0 saturated carbocycles. The summed E-state index contributed by atoms with van der Waals surface area (Å²) in [6.07, 6.45) is 2.96. The zero-order chi connectivity index (χ0) is 12.4. The molecule has 1 aliphatic rings. The highest BCUT2D eigenvalue weighted by molar-refractivity contribution is 6.74. The fraction of sp³-hybridized carbons (Fsp3) is 1.00. The van der Waals surface area contributed by atoms with Gasteiger partial charge < -0.3 is 9.33 Å². The first-order valence-electron chi connectivity index (χ1n) is 6.66. The molecule has 1 aliphatic heterocycles. The lowest BCUT2D eigenvalue weighted by Gasteiger charge is -2.41. The maximum Gasteiger partial charge on any atom is 0.192 e. The van der Waals surface area contributed by atoms with E-state index < -0.39 is 8.32 Å². The summed E-state index contributed by atoms with van der Waals surface area (Å²) in [5.74, 6) is 0. The van der Waals surface area contributed by atoms with Crippen LogP contribution in [0.3, 0.4) is 0 Å². The molecule has 1 saturated heterocycles. The number of hydrogen-bond donors (Lipinski definition) is 0. The molecule has 16 heavy (non-hydrogen) atoms. The normalized spacial score (nSPS) is 21.4. The molecule has 0 radical (unpaired) electrons. The first-order valence-corrected chi connectivity index (χ1v) is 9.57. The Balaban J connectivity index is 2.45. The summed E-state index contributed by atoms with van der Waals surface area (Å²) in [6.45, 7) is 17.5. The second kappa shape index (κ2) is 5.19. The predicted octanol–water partition coefficient (Wildman–Crippen LogP) is 3.49. The SMILES string of the molecule is CCN1CCC(O[Si](C)(C)C(C)(C)C)CC1. The van der Waals surface area contributed by atoms with Gasteiger partial charge in [-0.1, -0.05) is 27.7 Å². The van der Waals surface area contributed by atoms with E-state index in [2.05, 4.69) is 45.7 Å². The van der Waals surface area contributed by atoms with E-state index >= 15 is 0 Å². The van der Waals surface area contributed by atoms with Crippen molar-refractivity contribution in [2.45, 2.75) is 64.8 Å². The largest absolute Gasteiger partial charge is 0.414 e. The van der Waals surface area contributed by atoms with Crippen molar-refractivity contribution in [2.24, 2.45) is 0 Å². The highest BCUT2D eigenvalue weighted by atomic mass is 28.4. The molecule has 3 heteroatoms. The van der Waals surface area contributed by atoms with E-state index in [1.165, 1.54) is 32.5 Å². The monoisotopic (exact) mass is 243 g/mol. The molecule has 0 aromatic heterocycles. The molecule has 0 amide bonds. The summed E-state index contributed by atoms with van der Waals surface area (Å²) < 4.78 is 6.45. The van der Waals surface area contributed by atoms with Gasteiger partial charge in [-0.05, 0) is 37.5 Å². The summed E-state index contributed by atoms with van der Waals surface area (Å²) in [4.78, 5) is 2.52.